The van der Waals surface area contributed by atoms with Crippen LogP contribution in [0.1, 0.15) is 5.56 Å². The molecule has 0 amide bonds. The first-order chi connectivity index (χ1) is 9.36. The summed E-state index contributed by atoms with van der Waals surface area (Å²) in [6, 6.07) is 14.6. The molecule has 2 aromatic heterocycles. The molecular formula is C13H8N6. The fourth-order valence-corrected chi connectivity index (χ4v) is 1.62. The zero-order chi connectivity index (χ0) is 13.1. The lowest BCUT2D eigenvalue weighted by molar-refractivity contribution is 0.720. The summed E-state index contributed by atoms with van der Waals surface area (Å²) in [5.41, 5.74) is 1.90. The van der Waals surface area contributed by atoms with Gasteiger partial charge < -0.3 is 0 Å². The van der Waals surface area contributed by atoms with E-state index < -0.39 is 0 Å². The number of rotatable bonds is 2. The van der Waals surface area contributed by atoms with Gasteiger partial charge in [0, 0.05) is 6.20 Å². The van der Waals surface area contributed by atoms with Crippen molar-refractivity contribution in [3.05, 3.63) is 54.2 Å². The molecule has 1 aromatic carbocycles. The van der Waals surface area contributed by atoms with Gasteiger partial charge in [0.15, 0.2) is 0 Å². The third kappa shape index (κ3) is 2.17. The SMILES string of the molecule is N#Cc1cccc(-n2nnc(-c3ccccn3)n2)c1. The van der Waals surface area contributed by atoms with Crippen LogP contribution in [0.3, 0.4) is 0 Å². The Labute approximate surface area is 109 Å². The molecule has 0 aliphatic heterocycles. The van der Waals surface area contributed by atoms with Gasteiger partial charge in [0.05, 0.1) is 17.3 Å². The molecule has 3 aromatic rings. The molecule has 6 heteroatoms. The van der Waals surface area contributed by atoms with Crippen LogP contribution in [0.5, 0.6) is 0 Å². The fraction of sp³-hybridized carbons (Fsp3) is 0. The summed E-state index contributed by atoms with van der Waals surface area (Å²) in [6.07, 6.45) is 1.67. The number of aromatic nitrogens is 5. The second-order valence-electron chi connectivity index (χ2n) is 3.78. The Morgan fingerprint density at radius 3 is 2.84 bits per heavy atom. The Hall–Kier alpha value is -3.07. The van der Waals surface area contributed by atoms with Gasteiger partial charge in [-0.1, -0.05) is 12.1 Å². The topological polar surface area (TPSA) is 80.3 Å². The van der Waals surface area contributed by atoms with Gasteiger partial charge in [0.25, 0.3) is 0 Å². The van der Waals surface area contributed by atoms with Gasteiger partial charge in [0.2, 0.25) is 5.82 Å². The smallest absolute Gasteiger partial charge is 0.223 e. The maximum absolute atomic E-state index is 8.87. The van der Waals surface area contributed by atoms with Crippen LogP contribution in [-0.2, 0) is 0 Å². The molecule has 0 unspecified atom stereocenters. The van der Waals surface area contributed by atoms with Crippen LogP contribution in [0, 0.1) is 11.3 Å². The monoisotopic (exact) mass is 248 g/mol. The van der Waals surface area contributed by atoms with Crippen LogP contribution in [-0.4, -0.2) is 25.2 Å². The minimum Gasteiger partial charge on any atom is -0.253 e. The molecule has 3 rings (SSSR count). The van der Waals surface area contributed by atoms with Crippen molar-refractivity contribution in [2.24, 2.45) is 0 Å². The molecule has 0 N–H and O–H groups in total. The van der Waals surface area contributed by atoms with Crippen LogP contribution < -0.4 is 0 Å². The second kappa shape index (κ2) is 4.66. The fourth-order valence-electron chi connectivity index (χ4n) is 1.62. The normalized spacial score (nSPS) is 10.1. The van der Waals surface area contributed by atoms with Crippen LogP contribution >= 0.6 is 0 Å². The molecule has 6 nitrogen and oxygen atoms in total. The van der Waals surface area contributed by atoms with E-state index in [1.54, 1.807) is 24.4 Å². The highest BCUT2D eigenvalue weighted by atomic mass is 15.6. The predicted octanol–water partition coefficient (Wildman–Crippen LogP) is 1.60. The molecular weight excluding hydrogens is 240 g/mol. The predicted molar refractivity (Wildman–Crippen MR) is 67.1 cm³/mol. The molecule has 0 aliphatic rings. The minimum absolute atomic E-state index is 0.447. The van der Waals surface area contributed by atoms with Gasteiger partial charge in [-0.2, -0.15) is 5.26 Å². The first-order valence-electron chi connectivity index (χ1n) is 5.59. The molecule has 90 valence electrons. The Bertz CT molecular complexity index is 741. The Morgan fingerprint density at radius 1 is 1.11 bits per heavy atom. The minimum atomic E-state index is 0.447. The van der Waals surface area contributed by atoms with Crippen molar-refractivity contribution in [2.45, 2.75) is 0 Å². The zero-order valence-electron chi connectivity index (χ0n) is 9.80. The van der Waals surface area contributed by atoms with Gasteiger partial charge in [-0.05, 0) is 35.5 Å². The molecule has 0 bridgehead atoms. The number of benzene rings is 1. The van der Waals surface area contributed by atoms with Gasteiger partial charge in [-0.3, -0.25) is 4.98 Å². The van der Waals surface area contributed by atoms with E-state index in [4.69, 9.17) is 5.26 Å². The van der Waals surface area contributed by atoms with E-state index >= 15 is 0 Å². The standard InChI is InChI=1S/C13H8N6/c14-9-10-4-3-5-11(8-10)19-17-13(16-18-19)12-6-1-2-7-15-12/h1-8H. The van der Waals surface area contributed by atoms with Crippen molar-refractivity contribution < 1.29 is 0 Å². The number of tetrazole rings is 1. The summed E-state index contributed by atoms with van der Waals surface area (Å²) >= 11 is 0. The third-order valence-corrected chi connectivity index (χ3v) is 2.51. The summed E-state index contributed by atoms with van der Waals surface area (Å²) in [5, 5.41) is 21.0. The number of hydrogen-bond donors (Lipinski definition) is 0. The first kappa shape index (κ1) is 11.0. The quantitative estimate of drug-likeness (QED) is 0.688. The molecule has 2 heterocycles. The summed E-state index contributed by atoms with van der Waals surface area (Å²) in [7, 11) is 0. The highest BCUT2D eigenvalue weighted by Gasteiger charge is 2.08. The van der Waals surface area contributed by atoms with Crippen molar-refractivity contribution in [1.82, 2.24) is 25.2 Å². The summed E-state index contributed by atoms with van der Waals surface area (Å²) in [4.78, 5) is 5.54. The highest BCUT2D eigenvalue weighted by molar-refractivity contribution is 5.47. The van der Waals surface area contributed by atoms with E-state index in [2.05, 4.69) is 26.5 Å². The van der Waals surface area contributed by atoms with Crippen LogP contribution in [0.4, 0.5) is 0 Å². The maximum Gasteiger partial charge on any atom is 0.223 e. The van der Waals surface area contributed by atoms with Gasteiger partial charge in [-0.25, -0.2) is 0 Å². The summed E-state index contributed by atoms with van der Waals surface area (Å²) < 4.78 is 0. The van der Waals surface area contributed by atoms with Crippen LogP contribution in [0.2, 0.25) is 0 Å². The molecule has 0 spiro atoms. The average molecular weight is 248 g/mol. The molecule has 19 heavy (non-hydrogen) atoms. The van der Waals surface area contributed by atoms with Crippen LogP contribution in [0.15, 0.2) is 48.7 Å². The number of hydrogen-bond acceptors (Lipinski definition) is 5. The van der Waals surface area contributed by atoms with Gasteiger partial charge >= 0.3 is 0 Å². The lowest BCUT2D eigenvalue weighted by Gasteiger charge is -1.97. The third-order valence-electron chi connectivity index (χ3n) is 2.51. The van der Waals surface area contributed by atoms with Crippen LogP contribution in [0.25, 0.3) is 17.2 Å². The number of pyridine rings is 1. The second-order valence-corrected chi connectivity index (χ2v) is 3.78. The highest BCUT2D eigenvalue weighted by Crippen LogP contribution is 2.12. The lowest BCUT2D eigenvalue weighted by Crippen LogP contribution is -1.99. The van der Waals surface area contributed by atoms with Gasteiger partial charge in [-0.15, -0.1) is 15.0 Å². The van der Waals surface area contributed by atoms with E-state index in [9.17, 15) is 0 Å². The molecule has 0 saturated heterocycles. The van der Waals surface area contributed by atoms with E-state index in [0.717, 1.165) is 0 Å². The van der Waals surface area contributed by atoms with E-state index in [1.807, 2.05) is 24.3 Å². The summed E-state index contributed by atoms with van der Waals surface area (Å²) in [5.74, 6) is 0.447. The van der Waals surface area contributed by atoms with E-state index in [-0.39, 0.29) is 0 Å². The van der Waals surface area contributed by atoms with Crippen molar-refractivity contribution in [3.8, 4) is 23.3 Å². The molecule has 0 atom stereocenters. The van der Waals surface area contributed by atoms with Crippen molar-refractivity contribution in [2.75, 3.05) is 0 Å². The lowest BCUT2D eigenvalue weighted by atomic mass is 10.2. The van der Waals surface area contributed by atoms with Crippen molar-refractivity contribution in [1.29, 1.82) is 5.26 Å². The molecule has 0 radical (unpaired) electrons. The maximum atomic E-state index is 8.87. The molecule has 0 aliphatic carbocycles. The largest absolute Gasteiger partial charge is 0.253 e. The van der Waals surface area contributed by atoms with Crippen molar-refractivity contribution >= 4 is 0 Å². The molecule has 0 saturated carbocycles. The zero-order valence-corrected chi connectivity index (χ0v) is 9.80. The summed E-state index contributed by atoms with van der Waals surface area (Å²) in [6.45, 7) is 0. The Kier molecular flexibility index (Phi) is 2.71. The Balaban J connectivity index is 2.00. The Morgan fingerprint density at radius 2 is 2.05 bits per heavy atom. The number of nitrogens with zero attached hydrogens (tertiary/aromatic N) is 6. The van der Waals surface area contributed by atoms with E-state index in [1.165, 1.54) is 4.80 Å². The first-order valence-corrected chi connectivity index (χ1v) is 5.59. The van der Waals surface area contributed by atoms with E-state index in [0.29, 0.717) is 22.8 Å². The van der Waals surface area contributed by atoms with Crippen molar-refractivity contribution in [3.63, 3.8) is 0 Å². The van der Waals surface area contributed by atoms with Gasteiger partial charge in [0.1, 0.15) is 5.69 Å². The number of nitriles is 1. The average Bonchev–Trinajstić information content (AvgIpc) is 2.98. The molecule has 0 fully saturated rings.